The van der Waals surface area contributed by atoms with Crippen LogP contribution in [0.3, 0.4) is 0 Å². The van der Waals surface area contributed by atoms with E-state index in [0.717, 1.165) is 18.7 Å². The number of likely N-dealkylation sites (tertiary alicyclic amines) is 1. The molecule has 0 radical (unpaired) electrons. The van der Waals surface area contributed by atoms with E-state index in [0.29, 0.717) is 19.4 Å². The van der Waals surface area contributed by atoms with Gasteiger partial charge in [0, 0.05) is 26.6 Å². The van der Waals surface area contributed by atoms with Gasteiger partial charge in [-0.15, -0.1) is 12.4 Å². The lowest BCUT2D eigenvalue weighted by molar-refractivity contribution is -0.141. The Morgan fingerprint density at radius 1 is 1.26 bits per heavy atom. The zero-order valence-electron chi connectivity index (χ0n) is 13.7. The monoisotopic (exact) mass is 339 g/mol. The van der Waals surface area contributed by atoms with E-state index >= 15 is 0 Å². The third-order valence-electron chi connectivity index (χ3n) is 4.19. The minimum absolute atomic E-state index is 0. The summed E-state index contributed by atoms with van der Waals surface area (Å²) in [6, 6.07) is 9.63. The average molecular weight is 340 g/mol. The quantitative estimate of drug-likeness (QED) is 0.776. The molecule has 1 fully saturated rings. The van der Waals surface area contributed by atoms with Crippen LogP contribution in [0, 0.1) is 5.92 Å². The van der Waals surface area contributed by atoms with Crippen molar-refractivity contribution >= 4 is 24.2 Å². The topological polar surface area (TPSA) is 61.4 Å². The number of nitrogens with zero attached hydrogens (tertiary/aromatic N) is 1. The lowest BCUT2D eigenvalue weighted by Crippen LogP contribution is -2.47. The van der Waals surface area contributed by atoms with Crippen LogP contribution in [0.15, 0.2) is 30.3 Å². The van der Waals surface area contributed by atoms with Gasteiger partial charge in [-0.25, -0.2) is 0 Å². The van der Waals surface area contributed by atoms with Gasteiger partial charge in [-0.1, -0.05) is 37.3 Å². The highest BCUT2D eigenvalue weighted by Gasteiger charge is 2.38. The van der Waals surface area contributed by atoms with Gasteiger partial charge in [-0.05, 0) is 18.5 Å². The second kappa shape index (κ2) is 9.53. The molecule has 0 saturated carbocycles. The minimum atomic E-state index is -0.188. The molecule has 0 aliphatic carbocycles. The van der Waals surface area contributed by atoms with Gasteiger partial charge in [-0.3, -0.25) is 9.59 Å². The van der Waals surface area contributed by atoms with Crippen LogP contribution in [-0.4, -0.2) is 43.4 Å². The van der Waals surface area contributed by atoms with Crippen molar-refractivity contribution in [2.45, 2.75) is 25.8 Å². The second-order valence-corrected chi connectivity index (χ2v) is 5.65. The predicted octanol–water partition coefficient (Wildman–Crippen LogP) is 1.74. The fraction of sp³-hybridized carbons (Fsp3) is 0.529. The summed E-state index contributed by atoms with van der Waals surface area (Å²) in [5.41, 5.74) is 1.02. The van der Waals surface area contributed by atoms with Crippen LogP contribution >= 0.6 is 12.4 Å². The Bertz CT molecular complexity index is 510. The van der Waals surface area contributed by atoms with E-state index in [4.69, 9.17) is 0 Å². The highest BCUT2D eigenvalue weighted by molar-refractivity contribution is 5.85. The van der Waals surface area contributed by atoms with E-state index in [1.54, 1.807) is 11.9 Å². The van der Waals surface area contributed by atoms with Crippen LogP contribution in [-0.2, 0) is 9.59 Å². The average Bonchev–Trinajstić information content (AvgIpc) is 2.54. The van der Waals surface area contributed by atoms with Gasteiger partial charge in [0.15, 0.2) is 0 Å². The molecule has 1 aromatic rings. The van der Waals surface area contributed by atoms with Gasteiger partial charge in [-0.2, -0.15) is 0 Å². The molecule has 0 bridgehead atoms. The van der Waals surface area contributed by atoms with Crippen LogP contribution in [0.4, 0.5) is 0 Å². The van der Waals surface area contributed by atoms with Crippen molar-refractivity contribution in [2.24, 2.45) is 5.92 Å². The van der Waals surface area contributed by atoms with Crippen molar-refractivity contribution in [1.29, 1.82) is 0 Å². The van der Waals surface area contributed by atoms with Crippen molar-refractivity contribution in [3.63, 3.8) is 0 Å². The Hall–Kier alpha value is -1.59. The van der Waals surface area contributed by atoms with Crippen LogP contribution in [0.1, 0.15) is 31.4 Å². The SMILES string of the molecule is CCNCCNC(=O)C1CCC(=O)N(C)C1c1ccccc1.Cl. The molecular formula is C17H26ClN3O2. The first kappa shape index (κ1) is 19.5. The second-order valence-electron chi connectivity index (χ2n) is 5.65. The largest absolute Gasteiger partial charge is 0.355 e. The molecule has 1 saturated heterocycles. The maximum Gasteiger partial charge on any atom is 0.225 e. The zero-order chi connectivity index (χ0) is 15.9. The number of amides is 2. The molecule has 2 unspecified atom stereocenters. The fourth-order valence-corrected chi connectivity index (χ4v) is 3.00. The van der Waals surface area contributed by atoms with E-state index < -0.39 is 0 Å². The fourth-order valence-electron chi connectivity index (χ4n) is 3.00. The lowest BCUT2D eigenvalue weighted by atomic mass is 9.84. The van der Waals surface area contributed by atoms with Crippen molar-refractivity contribution in [1.82, 2.24) is 15.5 Å². The van der Waals surface area contributed by atoms with Crippen LogP contribution in [0.5, 0.6) is 0 Å². The number of nitrogens with one attached hydrogen (secondary N) is 2. The molecule has 1 aliphatic heterocycles. The highest BCUT2D eigenvalue weighted by Crippen LogP contribution is 2.35. The lowest BCUT2D eigenvalue weighted by Gasteiger charge is -2.38. The normalized spacial score (nSPS) is 20.8. The Balaban J connectivity index is 0.00000264. The number of carbonyl (C=O) groups is 2. The summed E-state index contributed by atoms with van der Waals surface area (Å²) in [6.07, 6.45) is 1.04. The molecule has 0 spiro atoms. The molecule has 1 heterocycles. The van der Waals surface area contributed by atoms with Crippen molar-refractivity contribution < 1.29 is 9.59 Å². The summed E-state index contributed by atoms with van der Waals surface area (Å²) in [7, 11) is 1.79. The van der Waals surface area contributed by atoms with E-state index in [1.165, 1.54) is 0 Å². The zero-order valence-corrected chi connectivity index (χ0v) is 14.6. The Labute approximate surface area is 144 Å². The summed E-state index contributed by atoms with van der Waals surface area (Å²) in [4.78, 5) is 26.3. The maximum atomic E-state index is 12.5. The van der Waals surface area contributed by atoms with Gasteiger partial charge >= 0.3 is 0 Å². The molecule has 1 aromatic carbocycles. The molecule has 128 valence electrons. The number of benzene rings is 1. The summed E-state index contributed by atoms with van der Waals surface area (Å²) >= 11 is 0. The number of carbonyl (C=O) groups excluding carboxylic acids is 2. The number of rotatable bonds is 6. The van der Waals surface area contributed by atoms with Crippen LogP contribution in [0.25, 0.3) is 0 Å². The third-order valence-corrected chi connectivity index (χ3v) is 4.19. The molecule has 1 aliphatic rings. The number of hydrogen-bond donors (Lipinski definition) is 2. The molecule has 2 amide bonds. The molecule has 6 heteroatoms. The first-order chi connectivity index (χ1) is 10.6. The smallest absolute Gasteiger partial charge is 0.225 e. The molecular weight excluding hydrogens is 314 g/mol. The predicted molar refractivity (Wildman–Crippen MR) is 93.5 cm³/mol. The first-order valence-electron chi connectivity index (χ1n) is 7.94. The molecule has 23 heavy (non-hydrogen) atoms. The van der Waals surface area contributed by atoms with Crippen LogP contribution in [0.2, 0.25) is 0 Å². The maximum absolute atomic E-state index is 12.5. The molecule has 5 nitrogen and oxygen atoms in total. The molecule has 2 atom stereocenters. The van der Waals surface area contributed by atoms with E-state index in [2.05, 4.69) is 10.6 Å². The van der Waals surface area contributed by atoms with E-state index in [-0.39, 0.29) is 36.2 Å². The summed E-state index contributed by atoms with van der Waals surface area (Å²) in [5.74, 6) is -0.0524. The number of hydrogen-bond acceptors (Lipinski definition) is 3. The van der Waals surface area contributed by atoms with E-state index in [1.807, 2.05) is 37.3 Å². The van der Waals surface area contributed by atoms with Gasteiger partial charge in [0.05, 0.1) is 12.0 Å². The summed E-state index contributed by atoms with van der Waals surface area (Å²) in [5, 5.41) is 6.17. The highest BCUT2D eigenvalue weighted by atomic mass is 35.5. The van der Waals surface area contributed by atoms with Gasteiger partial charge in [0.2, 0.25) is 11.8 Å². The van der Waals surface area contributed by atoms with Crippen molar-refractivity contribution in [2.75, 3.05) is 26.7 Å². The van der Waals surface area contributed by atoms with Gasteiger partial charge in [0.1, 0.15) is 0 Å². The number of piperidine rings is 1. The van der Waals surface area contributed by atoms with E-state index in [9.17, 15) is 9.59 Å². The molecule has 0 aromatic heterocycles. The van der Waals surface area contributed by atoms with Gasteiger partial charge in [0.25, 0.3) is 0 Å². The molecule has 2 N–H and O–H groups in total. The number of halogens is 1. The summed E-state index contributed by atoms with van der Waals surface area (Å²) < 4.78 is 0. The van der Waals surface area contributed by atoms with Crippen molar-refractivity contribution in [3.05, 3.63) is 35.9 Å². The Morgan fingerprint density at radius 3 is 2.61 bits per heavy atom. The summed E-state index contributed by atoms with van der Waals surface area (Å²) in [6.45, 7) is 4.31. The minimum Gasteiger partial charge on any atom is -0.355 e. The van der Waals surface area contributed by atoms with Crippen molar-refractivity contribution in [3.8, 4) is 0 Å². The Kier molecular flexibility index (Phi) is 8.06. The van der Waals surface area contributed by atoms with Crippen LogP contribution < -0.4 is 10.6 Å². The Morgan fingerprint density at radius 2 is 1.96 bits per heavy atom. The first-order valence-corrected chi connectivity index (χ1v) is 7.94. The third kappa shape index (κ3) is 4.94. The molecule has 2 rings (SSSR count). The standard InChI is InChI=1S/C17H25N3O2.ClH/c1-3-18-11-12-19-17(22)14-9-10-15(21)20(2)16(14)13-7-5-4-6-8-13;/h4-8,14,16,18H,3,9-12H2,1-2H3,(H,19,22);1H. The number of likely N-dealkylation sites (N-methyl/N-ethyl adjacent to an activating group) is 1. The van der Waals surface area contributed by atoms with Gasteiger partial charge < -0.3 is 15.5 Å².